The van der Waals surface area contributed by atoms with Crippen LogP contribution in [0.15, 0.2) is 42.7 Å². The molecule has 3 nitrogen and oxygen atoms in total. The maximum Gasteiger partial charge on any atom is 0.141 e. The summed E-state index contributed by atoms with van der Waals surface area (Å²) in [5.74, 6) is -0.309. The second-order valence-corrected chi connectivity index (χ2v) is 4.51. The van der Waals surface area contributed by atoms with Gasteiger partial charge in [-0.2, -0.15) is 0 Å². The lowest BCUT2D eigenvalue weighted by molar-refractivity contribution is 0.441. The summed E-state index contributed by atoms with van der Waals surface area (Å²) in [6.45, 7) is 4.14. The molecule has 2 unspecified atom stereocenters. The van der Waals surface area contributed by atoms with E-state index in [1.807, 2.05) is 18.2 Å². The van der Waals surface area contributed by atoms with Gasteiger partial charge in [0.25, 0.3) is 0 Å². The summed E-state index contributed by atoms with van der Waals surface area (Å²) >= 11 is 0. The molecule has 4 heteroatoms. The second-order valence-electron chi connectivity index (χ2n) is 4.51. The molecule has 2 rings (SSSR count). The zero-order valence-corrected chi connectivity index (χ0v) is 11.2. The summed E-state index contributed by atoms with van der Waals surface area (Å²) < 4.78 is 12.9. The van der Waals surface area contributed by atoms with Gasteiger partial charge in [-0.3, -0.25) is 9.97 Å². The van der Waals surface area contributed by atoms with E-state index in [0.29, 0.717) is 0 Å². The van der Waals surface area contributed by atoms with Gasteiger partial charge in [0.15, 0.2) is 0 Å². The predicted molar refractivity (Wildman–Crippen MR) is 73.0 cm³/mol. The van der Waals surface area contributed by atoms with Crippen LogP contribution in [0.2, 0.25) is 0 Å². The number of nitrogens with zero attached hydrogens (tertiary/aromatic N) is 2. The predicted octanol–water partition coefficient (Wildman–Crippen LogP) is 3.42. The van der Waals surface area contributed by atoms with Crippen LogP contribution in [0.1, 0.15) is 43.7 Å². The summed E-state index contributed by atoms with van der Waals surface area (Å²) in [5.41, 5.74) is 1.84. The summed E-state index contributed by atoms with van der Waals surface area (Å²) in [4.78, 5) is 8.47. The lowest BCUT2D eigenvalue weighted by Crippen LogP contribution is -2.25. The number of hydrogen-bond donors (Lipinski definition) is 1. The van der Waals surface area contributed by atoms with Gasteiger partial charge >= 0.3 is 0 Å². The average Bonchev–Trinajstić information content (AvgIpc) is 2.46. The minimum atomic E-state index is -0.309. The first-order valence-electron chi connectivity index (χ1n) is 6.49. The Balaban J connectivity index is 2.09. The first-order valence-corrected chi connectivity index (χ1v) is 6.49. The van der Waals surface area contributed by atoms with Gasteiger partial charge in [0.1, 0.15) is 5.82 Å². The van der Waals surface area contributed by atoms with Crippen LogP contribution in [-0.4, -0.2) is 9.97 Å². The molecule has 1 N–H and O–H groups in total. The van der Waals surface area contributed by atoms with Crippen molar-refractivity contribution < 1.29 is 4.39 Å². The van der Waals surface area contributed by atoms with Crippen molar-refractivity contribution in [1.82, 2.24) is 15.3 Å². The fourth-order valence-electron chi connectivity index (χ4n) is 2.03. The molecule has 2 heterocycles. The van der Waals surface area contributed by atoms with Gasteiger partial charge in [0, 0.05) is 18.3 Å². The Bertz CT molecular complexity index is 499. The first kappa shape index (κ1) is 13.6. The second kappa shape index (κ2) is 6.38. The minimum absolute atomic E-state index is 0.0950. The van der Waals surface area contributed by atoms with E-state index in [1.54, 1.807) is 12.3 Å². The maximum absolute atomic E-state index is 12.9. The number of nitrogens with one attached hydrogen (secondary N) is 1. The summed E-state index contributed by atoms with van der Waals surface area (Å²) in [5, 5.41) is 3.47. The molecule has 0 aromatic carbocycles. The Morgan fingerprint density at radius 3 is 2.58 bits per heavy atom. The van der Waals surface area contributed by atoms with Crippen LogP contribution < -0.4 is 5.32 Å². The van der Waals surface area contributed by atoms with Crippen LogP contribution in [0, 0.1) is 5.82 Å². The van der Waals surface area contributed by atoms with Crippen LogP contribution in [0.3, 0.4) is 0 Å². The molecule has 0 aliphatic rings. The van der Waals surface area contributed by atoms with E-state index < -0.39 is 0 Å². The van der Waals surface area contributed by atoms with Crippen molar-refractivity contribution in [2.45, 2.75) is 32.4 Å². The third-order valence-corrected chi connectivity index (χ3v) is 3.10. The molecule has 0 amide bonds. The Labute approximate surface area is 112 Å². The van der Waals surface area contributed by atoms with E-state index >= 15 is 0 Å². The summed E-state index contributed by atoms with van der Waals surface area (Å²) in [7, 11) is 0. The molecule has 0 radical (unpaired) electrons. The van der Waals surface area contributed by atoms with Crippen molar-refractivity contribution in [3.63, 3.8) is 0 Å². The van der Waals surface area contributed by atoms with Crippen LogP contribution >= 0.6 is 0 Å². The highest BCUT2D eigenvalue weighted by Gasteiger charge is 2.15. The van der Waals surface area contributed by atoms with Crippen LogP contribution in [0.25, 0.3) is 0 Å². The molecule has 100 valence electrons. The summed E-state index contributed by atoms with van der Waals surface area (Å²) in [6, 6.07) is 9.24. The lowest BCUT2D eigenvalue weighted by atomic mass is 10.1. The number of pyridine rings is 2. The largest absolute Gasteiger partial charge is 0.301 e. The lowest BCUT2D eigenvalue weighted by Gasteiger charge is -2.21. The quantitative estimate of drug-likeness (QED) is 0.894. The molecule has 0 saturated carbocycles. The molecule has 0 fully saturated rings. The Kier molecular flexibility index (Phi) is 4.58. The zero-order valence-electron chi connectivity index (χ0n) is 11.2. The Morgan fingerprint density at radius 2 is 2.00 bits per heavy atom. The number of aromatic nitrogens is 2. The molecule has 0 saturated heterocycles. The topological polar surface area (TPSA) is 37.8 Å². The van der Waals surface area contributed by atoms with Crippen molar-refractivity contribution in [3.05, 3.63) is 59.9 Å². The smallest absolute Gasteiger partial charge is 0.141 e. The fourth-order valence-corrected chi connectivity index (χ4v) is 2.03. The minimum Gasteiger partial charge on any atom is -0.301 e. The monoisotopic (exact) mass is 259 g/mol. The molecular weight excluding hydrogens is 241 g/mol. The highest BCUT2D eigenvalue weighted by molar-refractivity contribution is 5.12. The van der Waals surface area contributed by atoms with Crippen LogP contribution in [-0.2, 0) is 0 Å². The van der Waals surface area contributed by atoms with Crippen LogP contribution in [0.5, 0.6) is 0 Å². The summed E-state index contributed by atoms with van der Waals surface area (Å²) in [6.07, 6.45) is 3.92. The normalized spacial score (nSPS) is 14.1. The number of halogens is 1. The Morgan fingerprint density at radius 1 is 1.16 bits per heavy atom. The van der Waals surface area contributed by atoms with Crippen LogP contribution in [0.4, 0.5) is 4.39 Å². The van der Waals surface area contributed by atoms with Gasteiger partial charge in [0.05, 0.1) is 17.6 Å². The highest BCUT2D eigenvalue weighted by Crippen LogP contribution is 2.19. The molecule has 2 aromatic rings. The van der Waals surface area contributed by atoms with E-state index in [1.165, 1.54) is 12.3 Å². The van der Waals surface area contributed by atoms with Gasteiger partial charge in [-0.1, -0.05) is 13.0 Å². The highest BCUT2D eigenvalue weighted by atomic mass is 19.1. The molecule has 0 aliphatic carbocycles. The van der Waals surface area contributed by atoms with Crippen molar-refractivity contribution in [3.8, 4) is 0 Å². The van der Waals surface area contributed by atoms with Crippen molar-refractivity contribution >= 4 is 0 Å². The molecule has 19 heavy (non-hydrogen) atoms. The molecule has 0 spiro atoms. The van der Waals surface area contributed by atoms with E-state index in [-0.39, 0.29) is 17.9 Å². The molecule has 2 aromatic heterocycles. The van der Waals surface area contributed by atoms with Gasteiger partial charge in [-0.25, -0.2) is 4.39 Å². The van der Waals surface area contributed by atoms with Crippen molar-refractivity contribution in [1.29, 1.82) is 0 Å². The average molecular weight is 259 g/mol. The van der Waals surface area contributed by atoms with E-state index in [2.05, 4.69) is 29.1 Å². The van der Waals surface area contributed by atoms with Crippen molar-refractivity contribution in [2.24, 2.45) is 0 Å². The van der Waals surface area contributed by atoms with Crippen molar-refractivity contribution in [2.75, 3.05) is 0 Å². The van der Waals surface area contributed by atoms with Gasteiger partial charge in [-0.05, 0) is 37.6 Å². The number of hydrogen-bond acceptors (Lipinski definition) is 3. The van der Waals surface area contributed by atoms with E-state index in [9.17, 15) is 4.39 Å². The third kappa shape index (κ3) is 3.58. The zero-order chi connectivity index (χ0) is 13.7. The SMILES string of the molecule is CCC(NC(C)c1ccccn1)c1ccc(F)cn1. The molecule has 0 aliphatic heterocycles. The Hall–Kier alpha value is -1.81. The van der Waals surface area contributed by atoms with E-state index in [0.717, 1.165) is 17.8 Å². The molecular formula is C15H18FN3. The maximum atomic E-state index is 12.9. The number of rotatable bonds is 5. The standard InChI is InChI=1S/C15H18FN3/c1-3-13(15-8-7-12(16)10-18-15)19-11(2)14-6-4-5-9-17-14/h4-11,13,19H,3H2,1-2H3. The van der Waals surface area contributed by atoms with E-state index in [4.69, 9.17) is 0 Å². The molecule has 2 atom stereocenters. The molecule has 0 bridgehead atoms. The van der Waals surface area contributed by atoms with Gasteiger partial charge < -0.3 is 5.32 Å². The first-order chi connectivity index (χ1) is 9.20. The van der Waals surface area contributed by atoms with Gasteiger partial charge in [-0.15, -0.1) is 0 Å². The van der Waals surface area contributed by atoms with Gasteiger partial charge in [0.2, 0.25) is 0 Å². The third-order valence-electron chi connectivity index (χ3n) is 3.10. The fraction of sp³-hybridized carbons (Fsp3) is 0.333.